The van der Waals surface area contributed by atoms with Crippen LogP contribution in [0.4, 0.5) is 10.5 Å². The largest absolute Gasteiger partial charge is 0.370 e. The van der Waals surface area contributed by atoms with Crippen LogP contribution in [-0.2, 0) is 6.54 Å². The van der Waals surface area contributed by atoms with E-state index in [0.29, 0.717) is 13.1 Å². The molecule has 0 saturated carbocycles. The first-order valence-electron chi connectivity index (χ1n) is 8.21. The Kier molecular flexibility index (Phi) is 6.61. The Hall–Kier alpha value is -2.08. The number of urea groups is 1. The zero-order chi connectivity index (χ0) is 17.5. The highest BCUT2D eigenvalue weighted by Crippen LogP contribution is 2.15. The molecule has 0 bridgehead atoms. The molecule has 1 aromatic heterocycles. The molecule has 1 N–H and O–H groups in total. The Labute approximate surface area is 148 Å². The van der Waals surface area contributed by atoms with E-state index >= 15 is 0 Å². The number of benzene rings is 1. The van der Waals surface area contributed by atoms with E-state index in [-0.39, 0.29) is 6.03 Å². The maximum absolute atomic E-state index is 12.2. The smallest absolute Gasteiger partial charge is 0.317 e. The Morgan fingerprint density at radius 2 is 2.12 bits per heavy atom. The summed E-state index contributed by atoms with van der Waals surface area (Å²) < 4.78 is 0. The van der Waals surface area contributed by atoms with Crippen LogP contribution in [0.3, 0.4) is 0 Å². The fourth-order valence-corrected chi connectivity index (χ4v) is 3.13. The SMILES string of the molecule is CCN(CCNC(=O)N(C)Cc1csc(C)n1)c1cccc(C)c1. The van der Waals surface area contributed by atoms with Gasteiger partial charge >= 0.3 is 6.03 Å². The number of carbonyl (C=O) groups is 1. The van der Waals surface area contributed by atoms with Crippen LogP contribution >= 0.6 is 11.3 Å². The van der Waals surface area contributed by atoms with Crippen LogP contribution < -0.4 is 10.2 Å². The molecule has 130 valence electrons. The summed E-state index contributed by atoms with van der Waals surface area (Å²) in [4.78, 5) is 20.5. The maximum atomic E-state index is 12.2. The van der Waals surface area contributed by atoms with Crippen molar-refractivity contribution >= 4 is 23.1 Å². The van der Waals surface area contributed by atoms with Crippen molar-refractivity contribution in [1.82, 2.24) is 15.2 Å². The summed E-state index contributed by atoms with van der Waals surface area (Å²) in [5.74, 6) is 0. The fourth-order valence-electron chi connectivity index (χ4n) is 2.52. The van der Waals surface area contributed by atoms with Crippen molar-refractivity contribution in [2.24, 2.45) is 0 Å². The Morgan fingerprint density at radius 1 is 1.33 bits per heavy atom. The van der Waals surface area contributed by atoms with Gasteiger partial charge in [-0.15, -0.1) is 11.3 Å². The number of rotatable bonds is 7. The van der Waals surface area contributed by atoms with Crippen molar-refractivity contribution in [2.75, 3.05) is 31.6 Å². The van der Waals surface area contributed by atoms with Crippen LogP contribution in [0.25, 0.3) is 0 Å². The predicted octanol–water partition coefficient (Wildman–Crippen LogP) is 3.43. The van der Waals surface area contributed by atoms with Crippen LogP contribution in [-0.4, -0.2) is 42.6 Å². The quantitative estimate of drug-likeness (QED) is 0.835. The maximum Gasteiger partial charge on any atom is 0.317 e. The molecule has 2 aromatic rings. The van der Waals surface area contributed by atoms with E-state index in [1.807, 2.05) is 12.3 Å². The third-order valence-corrected chi connectivity index (χ3v) is 4.64. The van der Waals surface area contributed by atoms with Crippen molar-refractivity contribution in [2.45, 2.75) is 27.3 Å². The van der Waals surface area contributed by atoms with Crippen LogP contribution in [0.1, 0.15) is 23.2 Å². The number of aryl methyl sites for hydroxylation is 2. The van der Waals surface area contributed by atoms with E-state index in [4.69, 9.17) is 0 Å². The third-order valence-electron chi connectivity index (χ3n) is 3.82. The lowest BCUT2D eigenvalue weighted by Crippen LogP contribution is -2.41. The number of hydrogen-bond donors (Lipinski definition) is 1. The molecule has 0 radical (unpaired) electrons. The normalized spacial score (nSPS) is 10.5. The summed E-state index contributed by atoms with van der Waals surface area (Å²) in [6.45, 7) is 9.03. The van der Waals surface area contributed by atoms with E-state index < -0.39 is 0 Å². The average Bonchev–Trinajstić information content (AvgIpc) is 2.96. The molecule has 1 aromatic carbocycles. The standard InChI is InChI=1S/C18H26N4OS/c1-5-22(17-8-6-7-14(2)11-17)10-9-19-18(23)21(4)12-16-13-24-15(3)20-16/h6-8,11,13H,5,9-10,12H2,1-4H3,(H,19,23). The molecular weight excluding hydrogens is 320 g/mol. The van der Waals surface area contributed by atoms with Crippen LogP contribution in [0.5, 0.6) is 0 Å². The highest BCUT2D eigenvalue weighted by molar-refractivity contribution is 7.09. The second-order valence-corrected chi connectivity index (χ2v) is 6.93. The molecule has 2 rings (SSSR count). The van der Waals surface area contributed by atoms with Gasteiger partial charge in [0.2, 0.25) is 0 Å². The van der Waals surface area contributed by atoms with Gasteiger partial charge in [-0.05, 0) is 38.5 Å². The number of carbonyl (C=O) groups excluding carboxylic acids is 1. The molecule has 0 aliphatic heterocycles. The zero-order valence-electron chi connectivity index (χ0n) is 14.9. The number of nitrogens with zero attached hydrogens (tertiary/aromatic N) is 3. The number of likely N-dealkylation sites (N-methyl/N-ethyl adjacent to an activating group) is 1. The van der Waals surface area contributed by atoms with Crippen molar-refractivity contribution in [1.29, 1.82) is 0 Å². The Balaban J connectivity index is 1.80. The van der Waals surface area contributed by atoms with E-state index in [1.165, 1.54) is 11.3 Å². The zero-order valence-corrected chi connectivity index (χ0v) is 15.7. The van der Waals surface area contributed by atoms with Crippen LogP contribution in [0.15, 0.2) is 29.6 Å². The van der Waals surface area contributed by atoms with Crippen molar-refractivity contribution in [3.63, 3.8) is 0 Å². The first-order valence-corrected chi connectivity index (χ1v) is 9.09. The molecular formula is C18H26N4OS. The minimum Gasteiger partial charge on any atom is -0.370 e. The minimum absolute atomic E-state index is 0.0686. The molecule has 6 heteroatoms. The van der Waals surface area contributed by atoms with Gasteiger partial charge in [0.1, 0.15) is 0 Å². The molecule has 0 saturated heterocycles. The van der Waals surface area contributed by atoms with Crippen LogP contribution in [0, 0.1) is 13.8 Å². The average molecular weight is 347 g/mol. The number of thiazole rings is 1. The highest BCUT2D eigenvalue weighted by Gasteiger charge is 2.11. The molecule has 5 nitrogen and oxygen atoms in total. The molecule has 0 fully saturated rings. The summed E-state index contributed by atoms with van der Waals surface area (Å²) >= 11 is 1.61. The topological polar surface area (TPSA) is 48.5 Å². The first kappa shape index (κ1) is 18.3. The number of nitrogens with one attached hydrogen (secondary N) is 1. The van der Waals surface area contributed by atoms with Gasteiger partial charge in [-0.25, -0.2) is 9.78 Å². The molecule has 2 amide bonds. The van der Waals surface area contributed by atoms with Gasteiger partial charge in [0.15, 0.2) is 0 Å². The minimum atomic E-state index is -0.0686. The molecule has 0 spiro atoms. The van der Waals surface area contributed by atoms with Gasteiger partial charge in [0.05, 0.1) is 17.2 Å². The monoisotopic (exact) mass is 346 g/mol. The lowest BCUT2D eigenvalue weighted by molar-refractivity contribution is 0.206. The number of aromatic nitrogens is 1. The molecule has 0 atom stereocenters. The Morgan fingerprint density at radius 3 is 2.75 bits per heavy atom. The van der Waals surface area contributed by atoms with E-state index in [0.717, 1.165) is 23.8 Å². The van der Waals surface area contributed by atoms with E-state index in [9.17, 15) is 4.79 Å². The number of anilines is 1. The van der Waals surface area contributed by atoms with Gasteiger partial charge in [0.25, 0.3) is 0 Å². The first-order chi connectivity index (χ1) is 11.5. The van der Waals surface area contributed by atoms with Crippen molar-refractivity contribution in [3.8, 4) is 0 Å². The second-order valence-electron chi connectivity index (χ2n) is 5.86. The van der Waals surface area contributed by atoms with E-state index in [1.54, 1.807) is 23.3 Å². The van der Waals surface area contributed by atoms with Gasteiger partial charge in [-0.3, -0.25) is 0 Å². The number of amides is 2. The molecule has 0 aliphatic rings. The van der Waals surface area contributed by atoms with Gasteiger partial charge < -0.3 is 15.1 Å². The summed E-state index contributed by atoms with van der Waals surface area (Å²) in [5, 5.41) is 6.00. The third kappa shape index (κ3) is 5.23. The summed E-state index contributed by atoms with van der Waals surface area (Å²) in [6.07, 6.45) is 0. The summed E-state index contributed by atoms with van der Waals surface area (Å²) in [7, 11) is 1.79. The lowest BCUT2D eigenvalue weighted by atomic mass is 10.2. The van der Waals surface area contributed by atoms with E-state index in [2.05, 4.69) is 53.3 Å². The van der Waals surface area contributed by atoms with Gasteiger partial charge in [0, 0.05) is 37.7 Å². The lowest BCUT2D eigenvalue weighted by Gasteiger charge is -2.24. The van der Waals surface area contributed by atoms with Gasteiger partial charge in [-0.2, -0.15) is 0 Å². The fraction of sp³-hybridized carbons (Fsp3) is 0.444. The number of hydrogen-bond acceptors (Lipinski definition) is 4. The summed E-state index contributed by atoms with van der Waals surface area (Å²) in [5.41, 5.74) is 3.37. The molecule has 0 aliphatic carbocycles. The Bertz CT molecular complexity index is 671. The van der Waals surface area contributed by atoms with Crippen LogP contribution in [0.2, 0.25) is 0 Å². The highest BCUT2D eigenvalue weighted by atomic mass is 32.1. The molecule has 24 heavy (non-hydrogen) atoms. The second kappa shape index (κ2) is 8.68. The van der Waals surface area contributed by atoms with Crippen molar-refractivity contribution < 1.29 is 4.79 Å². The van der Waals surface area contributed by atoms with Crippen molar-refractivity contribution in [3.05, 3.63) is 45.9 Å². The molecule has 0 unspecified atom stereocenters. The van der Waals surface area contributed by atoms with Gasteiger partial charge in [-0.1, -0.05) is 12.1 Å². The molecule has 1 heterocycles. The summed E-state index contributed by atoms with van der Waals surface area (Å²) in [6, 6.07) is 8.36. The predicted molar refractivity (Wildman–Crippen MR) is 101 cm³/mol.